The monoisotopic (exact) mass is 510 g/mol. The molecule has 1 aliphatic rings. The number of benzene rings is 2. The number of sulfonamides is 1. The Morgan fingerprint density at radius 1 is 1.11 bits per heavy atom. The van der Waals surface area contributed by atoms with Gasteiger partial charge < -0.3 is 0 Å². The van der Waals surface area contributed by atoms with E-state index in [4.69, 9.17) is 0 Å². The maximum Gasteiger partial charge on any atom is 0.262 e. The molecule has 36 heavy (non-hydrogen) atoms. The highest BCUT2D eigenvalue weighted by Gasteiger charge is 2.37. The predicted octanol–water partition coefficient (Wildman–Crippen LogP) is 3.91. The van der Waals surface area contributed by atoms with Crippen LogP contribution in [0.2, 0.25) is 0 Å². The van der Waals surface area contributed by atoms with Gasteiger partial charge in [0.15, 0.2) is 5.03 Å². The van der Waals surface area contributed by atoms with Crippen molar-refractivity contribution in [1.82, 2.24) is 28.8 Å². The number of halogens is 1. The number of aryl methyl sites for hydroxylation is 2. The van der Waals surface area contributed by atoms with Crippen molar-refractivity contribution in [3.63, 3.8) is 0 Å². The molecular formula is C26H31FN6O2S. The summed E-state index contributed by atoms with van der Waals surface area (Å²) in [5, 5.41) is 9.74. The fraction of sp³-hybridized carbons (Fsp3) is 0.385. The van der Waals surface area contributed by atoms with E-state index >= 15 is 0 Å². The van der Waals surface area contributed by atoms with Crippen LogP contribution in [0.1, 0.15) is 31.0 Å². The number of aromatic nitrogens is 4. The van der Waals surface area contributed by atoms with Crippen molar-refractivity contribution in [3.05, 3.63) is 71.8 Å². The lowest BCUT2D eigenvalue weighted by Gasteiger charge is -2.42. The fourth-order valence-corrected chi connectivity index (χ4v) is 6.39. The van der Waals surface area contributed by atoms with Crippen LogP contribution in [0.5, 0.6) is 0 Å². The Balaban J connectivity index is 1.53. The molecule has 4 aromatic rings. The number of hydrogen-bond acceptors (Lipinski definition) is 5. The molecule has 1 atom stereocenters. The molecule has 0 unspecified atom stereocenters. The molecule has 10 heteroatoms. The van der Waals surface area contributed by atoms with E-state index in [9.17, 15) is 12.8 Å². The molecule has 1 fully saturated rings. The van der Waals surface area contributed by atoms with Crippen LogP contribution in [0.15, 0.2) is 59.9 Å². The lowest BCUT2D eigenvalue weighted by atomic mass is 9.96. The first kappa shape index (κ1) is 24.6. The number of piperazine rings is 1. The Labute approximate surface area is 211 Å². The molecular weight excluding hydrogens is 479 g/mol. The summed E-state index contributed by atoms with van der Waals surface area (Å²) < 4.78 is 45.1. The third kappa shape index (κ3) is 4.56. The molecule has 5 rings (SSSR count). The lowest BCUT2D eigenvalue weighted by molar-refractivity contribution is 0.105. The van der Waals surface area contributed by atoms with Crippen molar-refractivity contribution in [3.8, 4) is 5.69 Å². The topological polar surface area (TPSA) is 76.3 Å². The minimum absolute atomic E-state index is 0.0776. The van der Waals surface area contributed by atoms with Crippen molar-refractivity contribution >= 4 is 20.9 Å². The SMILES string of the molecule is Cc1cc2c(cnn2-c2ccc(F)cc2)cc1[C@@H]1CN(S(=O)(=O)c2ccn(C)n2)CCN1CC(C)C. The van der Waals surface area contributed by atoms with E-state index in [0.29, 0.717) is 25.6 Å². The molecule has 2 aromatic heterocycles. The zero-order valence-electron chi connectivity index (χ0n) is 21.0. The first-order chi connectivity index (χ1) is 17.1. The van der Waals surface area contributed by atoms with Crippen molar-refractivity contribution in [1.29, 1.82) is 0 Å². The Bertz CT molecular complexity index is 1490. The highest BCUT2D eigenvalue weighted by Crippen LogP contribution is 2.34. The minimum Gasteiger partial charge on any atom is -0.293 e. The van der Waals surface area contributed by atoms with Gasteiger partial charge in [0.25, 0.3) is 10.0 Å². The average molecular weight is 511 g/mol. The van der Waals surface area contributed by atoms with Gasteiger partial charge in [-0.05, 0) is 66.4 Å². The Kier molecular flexibility index (Phi) is 6.44. The van der Waals surface area contributed by atoms with Crippen LogP contribution in [0.4, 0.5) is 4.39 Å². The normalized spacial score (nSPS) is 17.9. The Morgan fingerprint density at radius 3 is 2.53 bits per heavy atom. The fourth-order valence-electron chi connectivity index (χ4n) is 5.00. The molecule has 1 aliphatic heterocycles. The molecule has 2 aromatic carbocycles. The summed E-state index contributed by atoms with van der Waals surface area (Å²) in [6.07, 6.45) is 3.45. The number of rotatable bonds is 6. The van der Waals surface area contributed by atoms with Gasteiger partial charge in [-0.1, -0.05) is 13.8 Å². The zero-order valence-corrected chi connectivity index (χ0v) is 21.8. The number of hydrogen-bond donors (Lipinski definition) is 0. The van der Waals surface area contributed by atoms with Crippen LogP contribution in [-0.2, 0) is 17.1 Å². The van der Waals surface area contributed by atoms with Gasteiger partial charge in [0.05, 0.1) is 17.4 Å². The maximum atomic E-state index is 13.4. The highest BCUT2D eigenvalue weighted by atomic mass is 32.2. The van der Waals surface area contributed by atoms with E-state index < -0.39 is 10.0 Å². The third-order valence-corrected chi connectivity index (χ3v) is 8.49. The average Bonchev–Trinajstić information content (AvgIpc) is 3.45. The molecule has 0 aliphatic carbocycles. The second-order valence-corrected chi connectivity index (χ2v) is 11.8. The summed E-state index contributed by atoms with van der Waals surface area (Å²) in [6, 6.07) is 11.9. The van der Waals surface area contributed by atoms with E-state index in [-0.39, 0.29) is 16.9 Å². The molecule has 0 bridgehead atoms. The molecule has 0 amide bonds. The summed E-state index contributed by atoms with van der Waals surface area (Å²) in [5.74, 6) is 0.151. The summed E-state index contributed by atoms with van der Waals surface area (Å²) in [7, 11) is -1.98. The van der Waals surface area contributed by atoms with Gasteiger partial charge in [0.2, 0.25) is 0 Å². The molecule has 0 spiro atoms. The van der Waals surface area contributed by atoms with Gasteiger partial charge in [-0.25, -0.2) is 17.5 Å². The molecule has 0 N–H and O–H groups in total. The van der Waals surface area contributed by atoms with Crippen molar-refractivity contribution in [2.45, 2.75) is 31.8 Å². The van der Waals surface area contributed by atoms with Crippen molar-refractivity contribution < 1.29 is 12.8 Å². The summed E-state index contributed by atoms with van der Waals surface area (Å²) in [5.41, 5.74) is 3.85. The van der Waals surface area contributed by atoms with Gasteiger partial charge in [-0.15, -0.1) is 0 Å². The molecule has 0 radical (unpaired) electrons. The summed E-state index contributed by atoms with van der Waals surface area (Å²) in [4.78, 5) is 2.38. The van der Waals surface area contributed by atoms with E-state index in [2.05, 4.69) is 48.0 Å². The predicted molar refractivity (Wildman–Crippen MR) is 137 cm³/mol. The summed E-state index contributed by atoms with van der Waals surface area (Å²) >= 11 is 0. The maximum absolute atomic E-state index is 13.4. The van der Waals surface area contributed by atoms with Crippen LogP contribution < -0.4 is 0 Å². The molecule has 190 valence electrons. The molecule has 1 saturated heterocycles. The van der Waals surface area contributed by atoms with Gasteiger partial charge in [0, 0.05) is 50.9 Å². The van der Waals surface area contributed by atoms with E-state index in [1.807, 2.05) is 0 Å². The van der Waals surface area contributed by atoms with Crippen molar-refractivity contribution in [2.75, 3.05) is 26.2 Å². The van der Waals surface area contributed by atoms with Crippen LogP contribution in [0.3, 0.4) is 0 Å². The van der Waals surface area contributed by atoms with E-state index in [0.717, 1.165) is 34.3 Å². The van der Waals surface area contributed by atoms with Crippen LogP contribution in [-0.4, -0.2) is 63.4 Å². The zero-order chi connectivity index (χ0) is 25.6. The minimum atomic E-state index is -3.70. The second kappa shape index (κ2) is 9.42. The van der Waals surface area contributed by atoms with Crippen LogP contribution in [0.25, 0.3) is 16.6 Å². The number of fused-ring (bicyclic) bond motifs is 1. The van der Waals surface area contributed by atoms with Crippen LogP contribution >= 0.6 is 0 Å². The number of nitrogens with zero attached hydrogens (tertiary/aromatic N) is 6. The van der Waals surface area contributed by atoms with E-state index in [1.165, 1.54) is 16.8 Å². The Morgan fingerprint density at radius 2 is 1.86 bits per heavy atom. The van der Waals surface area contributed by atoms with Gasteiger partial charge in [0.1, 0.15) is 5.82 Å². The molecule has 3 heterocycles. The summed E-state index contributed by atoms with van der Waals surface area (Å²) in [6.45, 7) is 8.69. The lowest BCUT2D eigenvalue weighted by Crippen LogP contribution is -2.51. The molecule has 8 nitrogen and oxygen atoms in total. The third-order valence-electron chi connectivity index (χ3n) is 6.73. The largest absolute Gasteiger partial charge is 0.293 e. The standard InChI is InChI=1S/C26H31FN6O2S/c1-18(2)16-31-11-12-32(36(34,35)26-9-10-30(4)29-26)17-25(31)23-14-20-15-28-33(24(20)13-19(23)3)22-7-5-21(27)6-8-22/h5-10,13-15,18,25H,11-12,16-17H2,1-4H3/t25-/m0/s1. The first-order valence-corrected chi connectivity index (χ1v) is 13.6. The Hall–Kier alpha value is -3.08. The van der Waals surface area contributed by atoms with Gasteiger partial charge >= 0.3 is 0 Å². The van der Waals surface area contributed by atoms with Gasteiger partial charge in [-0.2, -0.15) is 14.5 Å². The van der Waals surface area contributed by atoms with Crippen molar-refractivity contribution in [2.24, 2.45) is 13.0 Å². The highest BCUT2D eigenvalue weighted by molar-refractivity contribution is 7.89. The molecule has 0 saturated carbocycles. The smallest absolute Gasteiger partial charge is 0.262 e. The second-order valence-electron chi connectivity index (χ2n) is 9.90. The van der Waals surface area contributed by atoms with E-state index in [1.54, 1.807) is 46.6 Å². The van der Waals surface area contributed by atoms with Gasteiger partial charge in [-0.3, -0.25) is 9.58 Å². The quantitative estimate of drug-likeness (QED) is 0.393. The van der Waals surface area contributed by atoms with Crippen LogP contribution in [0, 0.1) is 18.7 Å². The first-order valence-electron chi connectivity index (χ1n) is 12.1.